The molecule has 0 bridgehead atoms. The molecule has 2 aliphatic rings. The minimum Gasteiger partial charge on any atom is -0.486 e. The summed E-state index contributed by atoms with van der Waals surface area (Å²) in [6.45, 7) is 3.36. The Bertz CT molecular complexity index is 991. The van der Waals surface area contributed by atoms with Crippen molar-refractivity contribution in [2.45, 2.75) is 19.4 Å². The van der Waals surface area contributed by atoms with Gasteiger partial charge in [0, 0.05) is 29.7 Å². The summed E-state index contributed by atoms with van der Waals surface area (Å²) in [5.74, 6) is 2.98. The van der Waals surface area contributed by atoms with Crippen LogP contribution in [0.3, 0.4) is 0 Å². The highest BCUT2D eigenvalue weighted by molar-refractivity contribution is 5.68. The van der Waals surface area contributed by atoms with E-state index in [4.69, 9.17) is 14.5 Å². The van der Waals surface area contributed by atoms with Gasteiger partial charge in [-0.05, 0) is 43.2 Å². The smallest absolute Gasteiger partial charge is 0.232 e. The summed E-state index contributed by atoms with van der Waals surface area (Å²) >= 11 is 0. The third-order valence-electron chi connectivity index (χ3n) is 4.88. The number of aromatic nitrogens is 2. The molecule has 1 N–H and O–H groups in total. The van der Waals surface area contributed by atoms with Crippen LogP contribution in [0.5, 0.6) is 11.5 Å². The summed E-state index contributed by atoms with van der Waals surface area (Å²) < 4.78 is 11.2. The minimum atomic E-state index is 0.326. The highest BCUT2D eigenvalue weighted by Crippen LogP contribution is 2.37. The fourth-order valence-corrected chi connectivity index (χ4v) is 3.67. The van der Waals surface area contributed by atoms with Crippen molar-refractivity contribution >= 4 is 23.1 Å². The molecule has 0 radical (unpaired) electrons. The summed E-state index contributed by atoms with van der Waals surface area (Å²) in [5, 5.41) is 3.34. The molecule has 0 aliphatic carbocycles. The van der Waals surface area contributed by atoms with Crippen LogP contribution in [-0.4, -0.2) is 29.2 Å². The van der Waals surface area contributed by atoms with Crippen LogP contribution in [0.15, 0.2) is 54.7 Å². The molecule has 5 rings (SSSR count). The molecule has 6 nitrogen and oxygen atoms in total. The summed E-state index contributed by atoms with van der Waals surface area (Å²) in [6.07, 6.45) is 2.79. The second kappa shape index (κ2) is 6.46. The summed E-state index contributed by atoms with van der Waals surface area (Å²) in [7, 11) is 0. The van der Waals surface area contributed by atoms with Gasteiger partial charge in [0.15, 0.2) is 11.5 Å². The van der Waals surface area contributed by atoms with Crippen molar-refractivity contribution in [2.75, 3.05) is 23.4 Å². The Morgan fingerprint density at radius 3 is 2.81 bits per heavy atom. The molecule has 3 heterocycles. The quantitative estimate of drug-likeness (QED) is 0.760. The van der Waals surface area contributed by atoms with Gasteiger partial charge in [-0.25, -0.2) is 4.98 Å². The second-order valence-electron chi connectivity index (χ2n) is 6.78. The molecule has 0 fully saturated rings. The van der Waals surface area contributed by atoms with Crippen molar-refractivity contribution in [3.63, 3.8) is 0 Å². The Balaban J connectivity index is 1.43. The van der Waals surface area contributed by atoms with Crippen molar-refractivity contribution in [1.82, 2.24) is 9.97 Å². The van der Waals surface area contributed by atoms with Gasteiger partial charge < -0.3 is 19.7 Å². The van der Waals surface area contributed by atoms with E-state index >= 15 is 0 Å². The zero-order chi connectivity index (χ0) is 18.2. The van der Waals surface area contributed by atoms with E-state index in [2.05, 4.69) is 46.4 Å². The zero-order valence-electron chi connectivity index (χ0n) is 15.1. The van der Waals surface area contributed by atoms with Crippen LogP contribution in [0.25, 0.3) is 0 Å². The molecule has 2 aliphatic heterocycles. The van der Waals surface area contributed by atoms with E-state index in [-0.39, 0.29) is 0 Å². The van der Waals surface area contributed by atoms with Crippen LogP contribution in [0.4, 0.5) is 23.1 Å². The van der Waals surface area contributed by atoms with Gasteiger partial charge in [-0.15, -0.1) is 0 Å². The maximum Gasteiger partial charge on any atom is 0.232 e. The lowest BCUT2D eigenvalue weighted by atomic mass is 10.1. The maximum atomic E-state index is 5.65. The molecule has 0 spiro atoms. The van der Waals surface area contributed by atoms with Crippen LogP contribution < -0.4 is 19.7 Å². The van der Waals surface area contributed by atoms with E-state index in [0.717, 1.165) is 29.4 Å². The number of anilines is 4. The Morgan fingerprint density at radius 2 is 1.89 bits per heavy atom. The average molecular weight is 360 g/mol. The maximum absolute atomic E-state index is 5.65. The fraction of sp³-hybridized carbons (Fsp3) is 0.238. The highest BCUT2D eigenvalue weighted by atomic mass is 16.6. The van der Waals surface area contributed by atoms with Crippen molar-refractivity contribution < 1.29 is 9.47 Å². The number of hydrogen-bond donors (Lipinski definition) is 1. The average Bonchev–Trinajstić information content (AvgIpc) is 3.04. The second-order valence-corrected chi connectivity index (χ2v) is 6.78. The van der Waals surface area contributed by atoms with Crippen LogP contribution in [0.1, 0.15) is 12.5 Å². The van der Waals surface area contributed by atoms with Gasteiger partial charge >= 0.3 is 0 Å². The first-order chi connectivity index (χ1) is 13.3. The predicted molar refractivity (Wildman–Crippen MR) is 104 cm³/mol. The topological polar surface area (TPSA) is 59.5 Å². The summed E-state index contributed by atoms with van der Waals surface area (Å²) in [5.41, 5.74) is 3.42. The molecule has 27 heavy (non-hydrogen) atoms. The van der Waals surface area contributed by atoms with Gasteiger partial charge in [-0.1, -0.05) is 18.2 Å². The number of rotatable bonds is 3. The normalized spacial score (nSPS) is 17.5. The lowest BCUT2D eigenvalue weighted by molar-refractivity contribution is 0.171. The van der Waals surface area contributed by atoms with Crippen LogP contribution in [0.2, 0.25) is 0 Å². The molecule has 136 valence electrons. The van der Waals surface area contributed by atoms with Crippen molar-refractivity contribution in [3.05, 3.63) is 60.3 Å². The molecular formula is C21H20N4O2. The Morgan fingerprint density at radius 1 is 1.04 bits per heavy atom. The van der Waals surface area contributed by atoms with Crippen molar-refractivity contribution in [1.29, 1.82) is 0 Å². The standard InChI is InChI=1S/C21H20N4O2/c1-14-12-15-4-2-3-5-17(15)25(14)21-22-9-8-20(24-21)23-16-6-7-18-19(13-16)27-11-10-26-18/h2-9,13-14H,10-12H2,1H3,(H,22,23,24). The third kappa shape index (κ3) is 2.93. The van der Waals surface area contributed by atoms with E-state index in [1.165, 1.54) is 11.3 Å². The molecule has 1 atom stereocenters. The number of benzene rings is 2. The Hall–Kier alpha value is -3.28. The first-order valence-corrected chi connectivity index (χ1v) is 9.15. The Kier molecular flexibility index (Phi) is 3.81. The van der Waals surface area contributed by atoms with Crippen molar-refractivity contribution in [3.8, 4) is 11.5 Å². The lowest BCUT2D eigenvalue weighted by Crippen LogP contribution is -2.25. The number of nitrogens with one attached hydrogen (secondary N) is 1. The zero-order valence-corrected chi connectivity index (χ0v) is 15.1. The number of hydrogen-bond acceptors (Lipinski definition) is 6. The predicted octanol–water partition coefficient (Wildman–Crippen LogP) is 4.07. The number of ether oxygens (including phenoxy) is 2. The van der Waals surface area contributed by atoms with E-state index in [1.54, 1.807) is 6.20 Å². The molecule has 0 amide bonds. The lowest BCUT2D eigenvalue weighted by Gasteiger charge is -2.23. The van der Waals surface area contributed by atoms with Gasteiger partial charge in [0.1, 0.15) is 19.0 Å². The van der Waals surface area contributed by atoms with Gasteiger partial charge in [0.05, 0.1) is 0 Å². The largest absolute Gasteiger partial charge is 0.486 e. The van der Waals surface area contributed by atoms with Crippen LogP contribution in [-0.2, 0) is 6.42 Å². The van der Waals surface area contributed by atoms with Crippen LogP contribution >= 0.6 is 0 Å². The highest BCUT2D eigenvalue weighted by Gasteiger charge is 2.28. The van der Waals surface area contributed by atoms with Gasteiger partial charge in [-0.3, -0.25) is 0 Å². The molecular weight excluding hydrogens is 340 g/mol. The number of nitrogens with zero attached hydrogens (tertiary/aromatic N) is 3. The molecule has 1 aromatic heterocycles. The molecule has 3 aromatic rings. The molecule has 0 saturated carbocycles. The van der Waals surface area contributed by atoms with Gasteiger partial charge in [-0.2, -0.15) is 4.98 Å². The monoisotopic (exact) mass is 360 g/mol. The van der Waals surface area contributed by atoms with Crippen molar-refractivity contribution in [2.24, 2.45) is 0 Å². The number of fused-ring (bicyclic) bond motifs is 2. The van der Waals surface area contributed by atoms with E-state index in [1.807, 2.05) is 24.3 Å². The van der Waals surface area contributed by atoms with Crippen LogP contribution in [0, 0.1) is 0 Å². The van der Waals surface area contributed by atoms with Gasteiger partial charge in [0.2, 0.25) is 5.95 Å². The fourth-order valence-electron chi connectivity index (χ4n) is 3.67. The summed E-state index contributed by atoms with van der Waals surface area (Å²) in [6, 6.07) is 16.4. The van der Waals surface area contributed by atoms with Gasteiger partial charge in [0.25, 0.3) is 0 Å². The Labute approximate surface area is 157 Å². The number of para-hydroxylation sites is 1. The minimum absolute atomic E-state index is 0.326. The van der Waals surface area contributed by atoms with E-state index in [9.17, 15) is 0 Å². The summed E-state index contributed by atoms with van der Waals surface area (Å²) in [4.78, 5) is 11.5. The molecule has 2 aromatic carbocycles. The SMILES string of the molecule is CC1Cc2ccccc2N1c1nccc(Nc2ccc3c(c2)OCCO3)n1. The molecule has 1 unspecified atom stereocenters. The first-order valence-electron chi connectivity index (χ1n) is 9.15. The molecule has 0 saturated heterocycles. The molecule has 6 heteroatoms. The van der Waals surface area contributed by atoms with E-state index < -0.39 is 0 Å². The first kappa shape index (κ1) is 15.9. The van der Waals surface area contributed by atoms with E-state index in [0.29, 0.717) is 25.2 Å². The third-order valence-corrected chi connectivity index (χ3v) is 4.88.